The summed E-state index contributed by atoms with van der Waals surface area (Å²) in [6.07, 6.45) is 11.1. The molecule has 5 rings (SSSR count). The molecular formula is C30H50O3. The summed E-state index contributed by atoms with van der Waals surface area (Å²) >= 11 is 0. The molecule has 0 aliphatic heterocycles. The summed E-state index contributed by atoms with van der Waals surface area (Å²) in [5, 5.41) is 21.2. The van der Waals surface area contributed by atoms with Crippen LogP contribution in [0.4, 0.5) is 0 Å². The first-order chi connectivity index (χ1) is 15.3. The lowest BCUT2D eigenvalue weighted by Crippen LogP contribution is -2.68. The van der Waals surface area contributed by atoms with Crippen molar-refractivity contribution in [3.05, 3.63) is 0 Å². The molecule has 0 amide bonds. The largest absolute Gasteiger partial charge is 0.481 e. The molecule has 5 aliphatic rings. The Labute approximate surface area is 202 Å². The molecule has 0 radical (unpaired) electrons. The van der Waals surface area contributed by atoms with Gasteiger partial charge >= 0.3 is 5.97 Å². The number of carbonyl (C=O) groups is 1. The van der Waals surface area contributed by atoms with Crippen molar-refractivity contribution >= 4 is 5.97 Å². The van der Waals surface area contributed by atoms with E-state index < -0.39 is 17.5 Å². The zero-order chi connectivity index (χ0) is 24.2. The maximum Gasteiger partial charge on any atom is 0.312 e. The van der Waals surface area contributed by atoms with Crippen molar-refractivity contribution in [2.45, 2.75) is 119 Å². The molecule has 2 N–H and O–H groups in total. The monoisotopic (exact) mass is 458 g/mol. The van der Waals surface area contributed by atoms with Gasteiger partial charge in [-0.05, 0) is 128 Å². The molecular weight excluding hydrogens is 408 g/mol. The molecule has 0 spiro atoms. The van der Waals surface area contributed by atoms with Crippen molar-refractivity contribution in [3.8, 4) is 0 Å². The normalized spacial score (nSPS) is 60.7. The van der Waals surface area contributed by atoms with E-state index in [2.05, 4.69) is 41.5 Å². The van der Waals surface area contributed by atoms with Crippen molar-refractivity contribution in [3.63, 3.8) is 0 Å². The lowest BCUT2D eigenvalue weighted by Gasteiger charge is -2.73. The third kappa shape index (κ3) is 2.81. The van der Waals surface area contributed by atoms with Gasteiger partial charge < -0.3 is 10.2 Å². The third-order valence-corrected chi connectivity index (χ3v) is 14.1. The SMILES string of the molecule is C[C@@H]1CC[C@]2(C)CC[C@]3(C)C(CCC4[C@@]5(C)CC[C@@H](O)[C@](C)(C(=O)O)C5CC[C@]43C)C2[C@H]1C. The highest BCUT2D eigenvalue weighted by Crippen LogP contribution is 2.77. The Morgan fingerprint density at radius 3 is 2.12 bits per heavy atom. The van der Waals surface area contributed by atoms with Crippen LogP contribution in [0.15, 0.2) is 0 Å². The Bertz CT molecular complexity index is 823. The first-order valence-corrected chi connectivity index (χ1v) is 14.2. The second-order valence-corrected chi connectivity index (χ2v) is 14.9. The van der Waals surface area contributed by atoms with E-state index in [1.165, 1.54) is 38.5 Å². The van der Waals surface area contributed by atoms with Gasteiger partial charge in [0.2, 0.25) is 0 Å². The summed E-state index contributed by atoms with van der Waals surface area (Å²) < 4.78 is 0. The number of carboxylic acid groups (broad SMARTS) is 1. The average Bonchev–Trinajstić information content (AvgIpc) is 2.75. The summed E-state index contributed by atoms with van der Waals surface area (Å²) in [6.45, 7) is 17.2. The van der Waals surface area contributed by atoms with Crippen LogP contribution in [0.1, 0.15) is 113 Å². The van der Waals surface area contributed by atoms with E-state index in [9.17, 15) is 15.0 Å². The molecule has 5 aliphatic carbocycles. The van der Waals surface area contributed by atoms with Crippen LogP contribution in [0, 0.1) is 62.6 Å². The van der Waals surface area contributed by atoms with Crippen LogP contribution >= 0.6 is 0 Å². The van der Waals surface area contributed by atoms with E-state index in [0.717, 1.165) is 42.9 Å². The van der Waals surface area contributed by atoms with Gasteiger partial charge in [-0.3, -0.25) is 4.79 Å². The fourth-order valence-corrected chi connectivity index (χ4v) is 11.7. The van der Waals surface area contributed by atoms with Gasteiger partial charge in [0.1, 0.15) is 0 Å². The molecule has 0 aromatic carbocycles. The number of hydrogen-bond donors (Lipinski definition) is 2. The molecule has 0 bridgehead atoms. The van der Waals surface area contributed by atoms with Crippen molar-refractivity contribution in [2.24, 2.45) is 62.6 Å². The molecule has 12 atom stereocenters. The molecule has 3 nitrogen and oxygen atoms in total. The van der Waals surface area contributed by atoms with Gasteiger partial charge in [-0.2, -0.15) is 0 Å². The van der Waals surface area contributed by atoms with Crippen LogP contribution in [-0.2, 0) is 4.79 Å². The highest BCUT2D eigenvalue weighted by molar-refractivity contribution is 5.76. The van der Waals surface area contributed by atoms with E-state index in [-0.39, 0.29) is 16.7 Å². The summed E-state index contributed by atoms with van der Waals surface area (Å²) in [7, 11) is 0. The van der Waals surface area contributed by atoms with E-state index in [0.29, 0.717) is 23.2 Å². The quantitative estimate of drug-likeness (QED) is 0.438. The van der Waals surface area contributed by atoms with E-state index in [1.54, 1.807) is 0 Å². The number of carboxylic acids is 1. The van der Waals surface area contributed by atoms with Gasteiger partial charge in [-0.25, -0.2) is 0 Å². The fraction of sp³-hybridized carbons (Fsp3) is 0.967. The number of fused-ring (bicyclic) bond motifs is 7. The molecule has 0 heterocycles. The lowest BCUT2D eigenvalue weighted by atomic mass is 9.31. The van der Waals surface area contributed by atoms with Gasteiger partial charge in [0.15, 0.2) is 0 Å². The summed E-state index contributed by atoms with van der Waals surface area (Å²) in [5.41, 5.74) is 0.126. The van der Waals surface area contributed by atoms with Gasteiger partial charge in [-0.15, -0.1) is 0 Å². The van der Waals surface area contributed by atoms with Crippen LogP contribution in [0.5, 0.6) is 0 Å². The van der Waals surface area contributed by atoms with E-state index >= 15 is 0 Å². The lowest BCUT2D eigenvalue weighted by molar-refractivity contribution is -0.258. The fourth-order valence-electron chi connectivity index (χ4n) is 11.7. The van der Waals surface area contributed by atoms with Crippen LogP contribution < -0.4 is 0 Å². The number of hydrogen-bond acceptors (Lipinski definition) is 2. The Kier molecular flexibility index (Phi) is 5.29. The zero-order valence-electron chi connectivity index (χ0n) is 22.4. The van der Waals surface area contributed by atoms with Gasteiger partial charge in [-0.1, -0.05) is 41.5 Å². The molecule has 188 valence electrons. The first kappa shape index (κ1) is 24.1. The highest BCUT2D eigenvalue weighted by Gasteiger charge is 2.71. The zero-order valence-corrected chi connectivity index (χ0v) is 22.4. The molecule has 4 unspecified atom stereocenters. The molecule has 0 aromatic heterocycles. The molecule has 5 fully saturated rings. The number of aliphatic hydroxyl groups is 1. The molecule has 3 heteroatoms. The molecule has 5 saturated carbocycles. The molecule has 0 aromatic rings. The van der Waals surface area contributed by atoms with Crippen molar-refractivity contribution in [1.82, 2.24) is 0 Å². The topological polar surface area (TPSA) is 57.5 Å². The predicted molar refractivity (Wildman–Crippen MR) is 133 cm³/mol. The second kappa shape index (κ2) is 7.23. The molecule has 33 heavy (non-hydrogen) atoms. The Balaban J connectivity index is 1.55. The van der Waals surface area contributed by atoms with Crippen molar-refractivity contribution in [2.75, 3.05) is 0 Å². The first-order valence-electron chi connectivity index (χ1n) is 14.2. The van der Waals surface area contributed by atoms with Gasteiger partial charge in [0.05, 0.1) is 11.5 Å². The Morgan fingerprint density at radius 1 is 0.758 bits per heavy atom. The number of aliphatic hydroxyl groups excluding tert-OH is 1. The van der Waals surface area contributed by atoms with E-state index in [4.69, 9.17) is 0 Å². The summed E-state index contributed by atoms with van der Waals surface area (Å²) in [6, 6.07) is 0. The summed E-state index contributed by atoms with van der Waals surface area (Å²) in [4.78, 5) is 12.5. The third-order valence-electron chi connectivity index (χ3n) is 14.1. The minimum absolute atomic E-state index is 0.0135. The molecule has 0 saturated heterocycles. The summed E-state index contributed by atoms with van der Waals surface area (Å²) in [5.74, 6) is 3.13. The highest BCUT2D eigenvalue weighted by atomic mass is 16.4. The number of aliphatic carboxylic acids is 1. The second-order valence-electron chi connectivity index (χ2n) is 14.9. The minimum atomic E-state index is -1.01. The predicted octanol–water partition coefficient (Wildman–Crippen LogP) is 7.17. The smallest absolute Gasteiger partial charge is 0.312 e. The van der Waals surface area contributed by atoms with Gasteiger partial charge in [0.25, 0.3) is 0 Å². The van der Waals surface area contributed by atoms with Crippen LogP contribution in [0.25, 0.3) is 0 Å². The van der Waals surface area contributed by atoms with Crippen LogP contribution in [0.3, 0.4) is 0 Å². The minimum Gasteiger partial charge on any atom is -0.481 e. The standard InChI is InChI=1S/C30H50O3/c1-18-10-13-26(3)16-17-28(5)20(24(26)19(18)2)8-9-21-27(4)14-12-23(31)30(7,25(32)33)22(27)11-15-29(21,28)6/h18-24,31H,8-17H2,1-7H3,(H,32,33)/t18-,19+,20?,21?,22?,23-,24?,26-,27-,28-,29-,30-/m1/s1. The number of rotatable bonds is 1. The van der Waals surface area contributed by atoms with Crippen LogP contribution in [-0.4, -0.2) is 22.3 Å². The maximum absolute atomic E-state index is 12.5. The van der Waals surface area contributed by atoms with Crippen molar-refractivity contribution < 1.29 is 15.0 Å². The van der Waals surface area contributed by atoms with Gasteiger partial charge in [0, 0.05) is 0 Å². The Morgan fingerprint density at radius 2 is 1.45 bits per heavy atom. The Hall–Kier alpha value is -0.570. The van der Waals surface area contributed by atoms with Crippen molar-refractivity contribution in [1.29, 1.82) is 0 Å². The van der Waals surface area contributed by atoms with E-state index in [1.807, 2.05) is 6.92 Å². The van der Waals surface area contributed by atoms with Crippen LogP contribution in [0.2, 0.25) is 0 Å². The maximum atomic E-state index is 12.5. The average molecular weight is 459 g/mol.